The van der Waals surface area contributed by atoms with Crippen LogP contribution in [0.3, 0.4) is 0 Å². The normalized spacial score (nSPS) is 13.8. The zero-order valence-corrected chi connectivity index (χ0v) is 22.4. The number of nitrogens with zero attached hydrogens (tertiary/aromatic N) is 1. The Morgan fingerprint density at radius 3 is 2.39 bits per heavy atom. The third-order valence-corrected chi connectivity index (χ3v) is 8.83. The lowest BCUT2D eigenvalue weighted by Crippen LogP contribution is -2.31. The van der Waals surface area contributed by atoms with Gasteiger partial charge in [0.15, 0.2) is 6.10 Å². The van der Waals surface area contributed by atoms with Crippen LogP contribution in [0.15, 0.2) is 59.5 Å². The van der Waals surface area contributed by atoms with Gasteiger partial charge in [-0.25, -0.2) is 13.2 Å². The van der Waals surface area contributed by atoms with Crippen molar-refractivity contribution in [3.63, 3.8) is 0 Å². The van der Waals surface area contributed by atoms with Crippen LogP contribution in [-0.2, 0) is 26.0 Å². The van der Waals surface area contributed by atoms with Crippen molar-refractivity contribution in [3.05, 3.63) is 85.8 Å². The maximum Gasteiger partial charge on any atom is 0.338 e. The van der Waals surface area contributed by atoms with Crippen LogP contribution < -0.4 is 9.62 Å². The van der Waals surface area contributed by atoms with E-state index in [2.05, 4.69) is 5.32 Å². The van der Waals surface area contributed by atoms with Crippen molar-refractivity contribution in [2.24, 2.45) is 0 Å². The van der Waals surface area contributed by atoms with E-state index in [9.17, 15) is 18.0 Å². The third kappa shape index (κ3) is 5.28. The molecule has 3 aromatic carbocycles. The molecule has 1 amide bonds. The Bertz CT molecular complexity index is 1480. The molecule has 1 unspecified atom stereocenters. The SMILES string of the molecule is CC(OC(=O)c1ccc(Cl)c(S(=O)(=O)N2CCc3ccccc32)c1)C(=O)Nc1cc(Cl)c(Cl)cc1Cl. The molecule has 1 aliphatic rings. The van der Waals surface area contributed by atoms with Crippen molar-refractivity contribution in [2.75, 3.05) is 16.2 Å². The van der Waals surface area contributed by atoms with E-state index in [0.717, 1.165) is 11.6 Å². The van der Waals surface area contributed by atoms with Gasteiger partial charge < -0.3 is 10.1 Å². The van der Waals surface area contributed by atoms with Gasteiger partial charge in [0, 0.05) is 6.54 Å². The summed E-state index contributed by atoms with van der Waals surface area (Å²) in [4.78, 5) is 25.1. The first-order chi connectivity index (χ1) is 17.0. The number of hydrogen-bond donors (Lipinski definition) is 1. The Morgan fingerprint density at radius 2 is 1.64 bits per heavy atom. The Labute approximate surface area is 227 Å². The molecule has 4 rings (SSSR count). The zero-order valence-electron chi connectivity index (χ0n) is 18.6. The summed E-state index contributed by atoms with van der Waals surface area (Å²) >= 11 is 24.1. The van der Waals surface area contributed by atoms with Gasteiger partial charge in [-0.15, -0.1) is 0 Å². The van der Waals surface area contributed by atoms with Gasteiger partial charge in [-0.05, 0) is 55.3 Å². The summed E-state index contributed by atoms with van der Waals surface area (Å²) in [5.41, 5.74) is 1.56. The largest absolute Gasteiger partial charge is 0.449 e. The van der Waals surface area contributed by atoms with E-state index in [1.54, 1.807) is 12.1 Å². The predicted molar refractivity (Wildman–Crippen MR) is 141 cm³/mol. The monoisotopic (exact) mass is 586 g/mol. The fourth-order valence-electron chi connectivity index (χ4n) is 3.64. The highest BCUT2D eigenvalue weighted by Crippen LogP contribution is 2.35. The van der Waals surface area contributed by atoms with Crippen LogP contribution in [0.25, 0.3) is 0 Å². The summed E-state index contributed by atoms with van der Waals surface area (Å²) < 4.78 is 33.3. The number of para-hydroxylation sites is 1. The van der Waals surface area contributed by atoms with Crippen LogP contribution in [0, 0.1) is 0 Å². The number of rotatable bonds is 6. The zero-order chi connectivity index (χ0) is 26.2. The number of hydrogen-bond acceptors (Lipinski definition) is 5. The highest BCUT2D eigenvalue weighted by molar-refractivity contribution is 7.93. The van der Waals surface area contributed by atoms with Gasteiger partial charge in [0.1, 0.15) is 4.90 Å². The average molecular weight is 588 g/mol. The van der Waals surface area contributed by atoms with Gasteiger partial charge in [0.25, 0.3) is 15.9 Å². The minimum atomic E-state index is -4.06. The fourth-order valence-corrected chi connectivity index (χ4v) is 6.24. The molecule has 1 atom stereocenters. The van der Waals surface area contributed by atoms with Crippen molar-refractivity contribution >= 4 is 79.7 Å². The second kappa shape index (κ2) is 10.5. The number of fused-ring (bicyclic) bond motifs is 1. The number of amides is 1. The molecule has 0 aliphatic carbocycles. The average Bonchev–Trinajstić information content (AvgIpc) is 3.27. The highest BCUT2D eigenvalue weighted by Gasteiger charge is 2.33. The standard InChI is InChI=1S/C24H18Cl4N2O5S/c1-13(23(31)29-20-12-18(27)17(26)11-19(20)28)35-24(32)15-6-7-16(25)22(10-15)36(33,34)30-9-8-14-4-2-3-5-21(14)30/h2-7,10-13H,8-9H2,1H3,(H,29,31). The molecule has 0 saturated heterocycles. The van der Waals surface area contributed by atoms with E-state index in [-0.39, 0.29) is 42.8 Å². The first-order valence-electron chi connectivity index (χ1n) is 10.6. The number of sulfonamides is 1. The van der Waals surface area contributed by atoms with Crippen LogP contribution in [0.5, 0.6) is 0 Å². The van der Waals surface area contributed by atoms with E-state index in [4.69, 9.17) is 51.1 Å². The number of carbonyl (C=O) groups excluding carboxylic acids is 2. The number of ether oxygens (including phenoxy) is 1. The van der Waals surface area contributed by atoms with Crippen molar-refractivity contribution in [1.29, 1.82) is 0 Å². The molecule has 0 aromatic heterocycles. The smallest absolute Gasteiger partial charge is 0.338 e. The molecule has 1 aliphatic heterocycles. The minimum Gasteiger partial charge on any atom is -0.449 e. The summed E-state index contributed by atoms with van der Waals surface area (Å²) in [6, 6.07) is 13.7. The first kappa shape index (κ1) is 26.6. The first-order valence-corrected chi connectivity index (χ1v) is 13.5. The topological polar surface area (TPSA) is 92.8 Å². The molecule has 0 fully saturated rings. The molecule has 36 heavy (non-hydrogen) atoms. The lowest BCUT2D eigenvalue weighted by molar-refractivity contribution is -0.123. The lowest BCUT2D eigenvalue weighted by atomic mass is 10.2. The van der Waals surface area contributed by atoms with Gasteiger partial charge in [-0.2, -0.15) is 0 Å². The highest BCUT2D eigenvalue weighted by atomic mass is 35.5. The van der Waals surface area contributed by atoms with Gasteiger partial charge in [-0.3, -0.25) is 9.10 Å². The minimum absolute atomic E-state index is 0.0454. The fraction of sp³-hybridized carbons (Fsp3) is 0.167. The molecule has 12 heteroatoms. The number of benzene rings is 3. The number of carbonyl (C=O) groups is 2. The Balaban J connectivity index is 1.52. The van der Waals surface area contributed by atoms with Crippen LogP contribution in [0.4, 0.5) is 11.4 Å². The molecule has 0 spiro atoms. The third-order valence-electron chi connectivity index (χ3n) is 5.50. The molecule has 188 valence electrons. The molecule has 0 saturated carbocycles. The number of esters is 1. The van der Waals surface area contributed by atoms with E-state index in [0.29, 0.717) is 12.1 Å². The number of halogens is 4. The molecule has 1 N–H and O–H groups in total. The van der Waals surface area contributed by atoms with Gasteiger partial charge in [-0.1, -0.05) is 64.6 Å². The number of nitrogens with one attached hydrogen (secondary N) is 1. The molecule has 3 aromatic rings. The van der Waals surface area contributed by atoms with Crippen LogP contribution >= 0.6 is 46.4 Å². The molecule has 1 heterocycles. The van der Waals surface area contributed by atoms with E-state index < -0.39 is 28.0 Å². The van der Waals surface area contributed by atoms with Crippen molar-refractivity contribution in [1.82, 2.24) is 0 Å². The summed E-state index contributed by atoms with van der Waals surface area (Å²) in [6.45, 7) is 1.61. The maximum absolute atomic E-state index is 13.4. The Morgan fingerprint density at radius 1 is 0.944 bits per heavy atom. The molecular weight excluding hydrogens is 570 g/mol. The maximum atomic E-state index is 13.4. The molecular formula is C24H18Cl4N2O5S. The van der Waals surface area contributed by atoms with Crippen molar-refractivity contribution in [3.8, 4) is 0 Å². The van der Waals surface area contributed by atoms with Crippen LogP contribution in [0.1, 0.15) is 22.8 Å². The van der Waals surface area contributed by atoms with E-state index >= 15 is 0 Å². The Kier molecular flexibility index (Phi) is 7.73. The summed E-state index contributed by atoms with van der Waals surface area (Å²) in [6.07, 6.45) is -0.686. The second-order valence-corrected chi connectivity index (χ2v) is 11.3. The number of anilines is 2. The van der Waals surface area contributed by atoms with E-state index in [1.807, 2.05) is 12.1 Å². The predicted octanol–water partition coefficient (Wildman–Crippen LogP) is 6.24. The van der Waals surface area contributed by atoms with Crippen molar-refractivity contribution in [2.45, 2.75) is 24.3 Å². The molecule has 0 radical (unpaired) electrons. The summed E-state index contributed by atoms with van der Waals surface area (Å²) in [7, 11) is -4.06. The molecule has 7 nitrogen and oxygen atoms in total. The van der Waals surface area contributed by atoms with Crippen molar-refractivity contribution < 1.29 is 22.7 Å². The summed E-state index contributed by atoms with van der Waals surface area (Å²) in [5, 5.41) is 3.00. The van der Waals surface area contributed by atoms with Gasteiger partial charge in [0.2, 0.25) is 0 Å². The van der Waals surface area contributed by atoms with E-state index in [1.165, 1.54) is 35.5 Å². The Hall–Kier alpha value is -2.49. The quantitative estimate of drug-likeness (QED) is 0.272. The molecule has 0 bridgehead atoms. The summed E-state index contributed by atoms with van der Waals surface area (Å²) in [5.74, 6) is -1.59. The lowest BCUT2D eigenvalue weighted by Gasteiger charge is -2.21. The van der Waals surface area contributed by atoms with Crippen LogP contribution in [-0.4, -0.2) is 32.9 Å². The van der Waals surface area contributed by atoms with Crippen LogP contribution in [0.2, 0.25) is 20.1 Å². The van der Waals surface area contributed by atoms with Gasteiger partial charge in [0.05, 0.1) is 37.0 Å². The second-order valence-electron chi connectivity index (χ2n) is 7.88. The van der Waals surface area contributed by atoms with Gasteiger partial charge >= 0.3 is 5.97 Å².